The molecule has 0 aliphatic carbocycles. The van der Waals surface area contributed by atoms with Gasteiger partial charge in [-0.25, -0.2) is 0 Å². The largest absolute Gasteiger partial charge is 0.426 e. The Labute approximate surface area is 109 Å². The number of hydrogen-bond acceptors (Lipinski definition) is 4. The van der Waals surface area contributed by atoms with Crippen LogP contribution in [0.5, 0.6) is 5.75 Å². The Hall–Kier alpha value is -1.88. The average Bonchev–Trinajstić information content (AvgIpc) is 2.19. The molecule has 96 valence electrons. The lowest BCUT2D eigenvalue weighted by Crippen LogP contribution is -2.10. The molecule has 0 unspecified atom stereocenters. The van der Waals surface area contributed by atoms with Crippen molar-refractivity contribution in [3.8, 4) is 5.75 Å². The van der Waals surface area contributed by atoms with Gasteiger partial charge in [0, 0.05) is 19.9 Å². The van der Waals surface area contributed by atoms with Gasteiger partial charge in [-0.05, 0) is 13.0 Å². The molecule has 1 N–H and O–H groups in total. The lowest BCUT2D eigenvalue weighted by atomic mass is 10.1. The van der Waals surface area contributed by atoms with E-state index in [1.165, 1.54) is 32.9 Å². The number of amides is 1. The lowest BCUT2D eigenvalue weighted by Gasteiger charge is -2.11. The van der Waals surface area contributed by atoms with Crippen molar-refractivity contribution >= 4 is 34.9 Å². The molecule has 0 saturated heterocycles. The standard InChI is InChI=1S/C12H12ClNO4/c1-6(15)9-4-11(14-7(2)16)10(13)5-12(9)18-8(3)17/h4-5H,1-3H3,(H,14,16). The van der Waals surface area contributed by atoms with Crippen LogP contribution in [0.2, 0.25) is 5.02 Å². The Balaban J connectivity index is 3.29. The molecule has 0 heterocycles. The van der Waals surface area contributed by atoms with Crippen LogP contribution in [0.25, 0.3) is 0 Å². The van der Waals surface area contributed by atoms with E-state index in [2.05, 4.69) is 5.32 Å². The second kappa shape index (κ2) is 5.64. The summed E-state index contributed by atoms with van der Waals surface area (Å²) in [6, 6.07) is 2.70. The maximum absolute atomic E-state index is 11.4. The minimum atomic E-state index is -0.555. The van der Waals surface area contributed by atoms with E-state index in [1.807, 2.05) is 0 Å². The second-order valence-corrected chi connectivity index (χ2v) is 4.07. The van der Waals surface area contributed by atoms with Gasteiger partial charge >= 0.3 is 5.97 Å². The van der Waals surface area contributed by atoms with Crippen LogP contribution in [-0.4, -0.2) is 17.7 Å². The predicted octanol–water partition coefficient (Wildman–Crippen LogP) is 2.43. The number of benzene rings is 1. The van der Waals surface area contributed by atoms with Crippen molar-refractivity contribution < 1.29 is 19.1 Å². The van der Waals surface area contributed by atoms with Crippen molar-refractivity contribution in [1.82, 2.24) is 0 Å². The van der Waals surface area contributed by atoms with Gasteiger partial charge in [-0.1, -0.05) is 11.6 Å². The van der Waals surface area contributed by atoms with Gasteiger partial charge in [-0.2, -0.15) is 0 Å². The van der Waals surface area contributed by atoms with E-state index in [0.29, 0.717) is 5.69 Å². The molecule has 18 heavy (non-hydrogen) atoms. The molecule has 1 aromatic carbocycles. The molecule has 1 amide bonds. The van der Waals surface area contributed by atoms with Crippen LogP contribution in [0.1, 0.15) is 31.1 Å². The number of anilines is 1. The van der Waals surface area contributed by atoms with E-state index in [-0.39, 0.29) is 28.0 Å². The minimum absolute atomic E-state index is 0.0779. The fraction of sp³-hybridized carbons (Fsp3) is 0.250. The minimum Gasteiger partial charge on any atom is -0.426 e. The topological polar surface area (TPSA) is 72.5 Å². The monoisotopic (exact) mass is 269 g/mol. The van der Waals surface area contributed by atoms with Crippen LogP contribution in [0.15, 0.2) is 12.1 Å². The lowest BCUT2D eigenvalue weighted by molar-refractivity contribution is -0.131. The van der Waals surface area contributed by atoms with E-state index in [1.54, 1.807) is 0 Å². The third-order valence-corrected chi connectivity index (χ3v) is 2.33. The van der Waals surface area contributed by atoms with Crippen LogP contribution in [0.4, 0.5) is 5.69 Å². The normalized spacial score (nSPS) is 9.78. The van der Waals surface area contributed by atoms with Gasteiger partial charge in [0.05, 0.1) is 16.3 Å². The molecule has 0 atom stereocenters. The number of ether oxygens (including phenoxy) is 1. The van der Waals surface area contributed by atoms with Gasteiger partial charge in [-0.15, -0.1) is 0 Å². The molecule has 0 aliphatic heterocycles. The number of halogens is 1. The summed E-state index contributed by atoms with van der Waals surface area (Å²) >= 11 is 5.92. The first-order valence-electron chi connectivity index (χ1n) is 5.11. The summed E-state index contributed by atoms with van der Waals surface area (Å²) in [5.41, 5.74) is 0.476. The first-order chi connectivity index (χ1) is 8.31. The van der Waals surface area contributed by atoms with Crippen molar-refractivity contribution in [2.45, 2.75) is 20.8 Å². The third kappa shape index (κ3) is 3.56. The summed E-state index contributed by atoms with van der Waals surface area (Å²) in [6.07, 6.45) is 0. The van der Waals surface area contributed by atoms with Gasteiger partial charge in [0.25, 0.3) is 0 Å². The molecule has 0 spiro atoms. The van der Waals surface area contributed by atoms with Crippen LogP contribution >= 0.6 is 11.6 Å². The molecule has 0 saturated carbocycles. The summed E-state index contributed by atoms with van der Waals surface area (Å²) in [7, 11) is 0. The number of ketones is 1. The zero-order chi connectivity index (χ0) is 13.9. The number of nitrogens with one attached hydrogen (secondary N) is 1. The Morgan fingerprint density at radius 2 is 1.78 bits per heavy atom. The zero-order valence-corrected chi connectivity index (χ0v) is 10.9. The summed E-state index contributed by atoms with van der Waals surface area (Å²) in [5.74, 6) is -1.09. The molecule has 0 bridgehead atoms. The van der Waals surface area contributed by atoms with E-state index in [0.717, 1.165) is 0 Å². The van der Waals surface area contributed by atoms with Crippen molar-refractivity contribution in [3.63, 3.8) is 0 Å². The fourth-order valence-corrected chi connectivity index (χ4v) is 1.56. The quantitative estimate of drug-likeness (QED) is 0.520. The highest BCUT2D eigenvalue weighted by Gasteiger charge is 2.15. The smallest absolute Gasteiger partial charge is 0.308 e. The van der Waals surface area contributed by atoms with E-state index in [4.69, 9.17) is 16.3 Å². The SMILES string of the molecule is CC(=O)Nc1cc(C(C)=O)c(OC(C)=O)cc1Cl. The van der Waals surface area contributed by atoms with Gasteiger partial charge in [0.1, 0.15) is 5.75 Å². The van der Waals surface area contributed by atoms with Crippen LogP contribution < -0.4 is 10.1 Å². The molecule has 0 aromatic heterocycles. The number of esters is 1. The zero-order valence-electron chi connectivity index (χ0n) is 10.2. The molecule has 1 aromatic rings. The Kier molecular flexibility index (Phi) is 4.44. The van der Waals surface area contributed by atoms with Crippen LogP contribution in [0, 0.1) is 0 Å². The molecule has 5 nitrogen and oxygen atoms in total. The molecular formula is C12H12ClNO4. The van der Waals surface area contributed by atoms with Gasteiger partial charge in [0.2, 0.25) is 5.91 Å². The molecule has 0 radical (unpaired) electrons. The van der Waals surface area contributed by atoms with Crippen molar-refractivity contribution in [3.05, 3.63) is 22.7 Å². The molecule has 0 aliphatic rings. The Bertz CT molecular complexity index is 525. The van der Waals surface area contributed by atoms with Crippen molar-refractivity contribution in [2.24, 2.45) is 0 Å². The maximum atomic E-state index is 11.4. The number of Topliss-reactive ketones (excluding diaryl/α,β-unsaturated/α-hetero) is 1. The molecular weight excluding hydrogens is 258 g/mol. The number of carbonyl (C=O) groups excluding carboxylic acids is 3. The Morgan fingerprint density at radius 1 is 1.17 bits per heavy atom. The average molecular weight is 270 g/mol. The van der Waals surface area contributed by atoms with E-state index >= 15 is 0 Å². The van der Waals surface area contributed by atoms with E-state index in [9.17, 15) is 14.4 Å². The first kappa shape index (κ1) is 14.2. The number of carbonyl (C=O) groups is 3. The molecule has 0 fully saturated rings. The summed E-state index contributed by atoms with van der Waals surface area (Å²) in [4.78, 5) is 33.3. The first-order valence-corrected chi connectivity index (χ1v) is 5.49. The summed E-state index contributed by atoms with van der Waals surface area (Å²) < 4.78 is 4.89. The highest BCUT2D eigenvalue weighted by molar-refractivity contribution is 6.34. The van der Waals surface area contributed by atoms with Gasteiger partial charge < -0.3 is 10.1 Å². The van der Waals surface area contributed by atoms with Crippen LogP contribution in [0.3, 0.4) is 0 Å². The number of hydrogen-bond donors (Lipinski definition) is 1. The summed E-state index contributed by atoms with van der Waals surface area (Å²) in [5, 5.41) is 2.67. The van der Waals surface area contributed by atoms with Crippen molar-refractivity contribution in [2.75, 3.05) is 5.32 Å². The number of rotatable bonds is 3. The molecule has 1 rings (SSSR count). The summed E-state index contributed by atoms with van der Waals surface area (Å²) in [6.45, 7) is 3.87. The third-order valence-electron chi connectivity index (χ3n) is 2.01. The highest BCUT2D eigenvalue weighted by atomic mass is 35.5. The predicted molar refractivity (Wildman–Crippen MR) is 67.1 cm³/mol. The maximum Gasteiger partial charge on any atom is 0.308 e. The van der Waals surface area contributed by atoms with Crippen molar-refractivity contribution in [1.29, 1.82) is 0 Å². The van der Waals surface area contributed by atoms with E-state index < -0.39 is 5.97 Å². The van der Waals surface area contributed by atoms with Gasteiger partial charge in [-0.3, -0.25) is 14.4 Å². The fourth-order valence-electron chi connectivity index (χ4n) is 1.35. The Morgan fingerprint density at radius 3 is 2.22 bits per heavy atom. The molecule has 6 heteroatoms. The highest BCUT2D eigenvalue weighted by Crippen LogP contribution is 2.31. The van der Waals surface area contributed by atoms with Crippen LogP contribution in [-0.2, 0) is 9.59 Å². The van der Waals surface area contributed by atoms with Gasteiger partial charge in [0.15, 0.2) is 5.78 Å². The second-order valence-electron chi connectivity index (χ2n) is 3.66.